The van der Waals surface area contributed by atoms with E-state index >= 15 is 0 Å². The molecule has 4 rings (SSSR count). The van der Waals surface area contributed by atoms with Crippen LogP contribution in [0.25, 0.3) is 23.2 Å². The Morgan fingerprint density at radius 1 is 1.21 bits per heavy atom. The van der Waals surface area contributed by atoms with Crippen molar-refractivity contribution >= 4 is 23.6 Å². The molecule has 1 saturated carbocycles. The van der Waals surface area contributed by atoms with E-state index < -0.39 is 30.7 Å². The van der Waals surface area contributed by atoms with E-state index in [1.54, 1.807) is 0 Å². The van der Waals surface area contributed by atoms with Gasteiger partial charge < -0.3 is 11.1 Å². The van der Waals surface area contributed by atoms with Crippen LogP contribution in [-0.2, 0) is 11.0 Å². The van der Waals surface area contributed by atoms with E-state index in [0.717, 1.165) is 23.6 Å². The topological polar surface area (TPSA) is 125 Å². The molecule has 3 N–H and O–H groups in total. The normalized spacial score (nSPS) is 14.5. The van der Waals surface area contributed by atoms with Crippen LogP contribution in [0.15, 0.2) is 30.9 Å². The molecule has 0 atom stereocenters. The molecule has 9 nitrogen and oxygen atoms in total. The van der Waals surface area contributed by atoms with Crippen LogP contribution < -0.4 is 11.1 Å². The summed E-state index contributed by atoms with van der Waals surface area (Å²) in [6.07, 6.45) is -0.890. The second kappa shape index (κ2) is 9.11. The van der Waals surface area contributed by atoms with Crippen LogP contribution in [-0.4, -0.2) is 48.6 Å². The molecule has 0 spiro atoms. The van der Waals surface area contributed by atoms with E-state index in [9.17, 15) is 26.7 Å². The number of carbonyl (C=O) groups is 1. The maximum absolute atomic E-state index is 13.3. The van der Waals surface area contributed by atoms with E-state index in [-0.39, 0.29) is 34.4 Å². The summed E-state index contributed by atoms with van der Waals surface area (Å²) in [6.45, 7) is -0.646. The molecule has 3 aromatic rings. The zero-order valence-corrected chi connectivity index (χ0v) is 17.3. The highest BCUT2D eigenvalue weighted by Crippen LogP contribution is 2.41. The van der Waals surface area contributed by atoms with Gasteiger partial charge >= 0.3 is 6.18 Å². The zero-order valence-electron chi connectivity index (χ0n) is 17.3. The van der Waals surface area contributed by atoms with E-state index in [4.69, 9.17) is 5.73 Å². The molecule has 0 aliphatic heterocycles. The summed E-state index contributed by atoms with van der Waals surface area (Å²) in [7, 11) is 0. The monoisotopic (exact) mass is 480 g/mol. The summed E-state index contributed by atoms with van der Waals surface area (Å²) in [5.74, 6) is -0.964. The number of halogens is 5. The molecular formula is C20H17F5N8O. The summed E-state index contributed by atoms with van der Waals surface area (Å²) >= 11 is 0. The van der Waals surface area contributed by atoms with Gasteiger partial charge in [-0.3, -0.25) is 4.79 Å². The van der Waals surface area contributed by atoms with E-state index in [0.29, 0.717) is 5.69 Å². The Bertz CT molecular complexity index is 1220. The first-order valence-corrected chi connectivity index (χ1v) is 9.97. The summed E-state index contributed by atoms with van der Waals surface area (Å²) in [6, 6.07) is 2.38. The number of anilines is 1. The molecule has 14 heteroatoms. The van der Waals surface area contributed by atoms with Crippen LogP contribution in [0.4, 0.5) is 27.9 Å². The van der Waals surface area contributed by atoms with Gasteiger partial charge in [-0.2, -0.15) is 13.2 Å². The molecule has 0 radical (unpaired) electrons. The van der Waals surface area contributed by atoms with Crippen molar-refractivity contribution in [2.24, 2.45) is 5.73 Å². The number of hydrogen-bond donors (Lipinski definition) is 2. The number of carbonyl (C=O) groups excluding carboxylic acids is 1. The highest BCUT2D eigenvalue weighted by molar-refractivity contribution is 6.22. The van der Waals surface area contributed by atoms with Gasteiger partial charge in [0.1, 0.15) is 12.0 Å². The van der Waals surface area contributed by atoms with Crippen molar-refractivity contribution in [1.29, 1.82) is 0 Å². The van der Waals surface area contributed by atoms with E-state index in [2.05, 4.69) is 30.4 Å². The minimum atomic E-state index is -4.63. The Labute approximate surface area is 188 Å². The van der Waals surface area contributed by atoms with Crippen LogP contribution >= 0.6 is 0 Å². The van der Waals surface area contributed by atoms with Gasteiger partial charge in [-0.15, -0.1) is 5.10 Å². The Kier molecular flexibility index (Phi) is 6.22. The third kappa shape index (κ3) is 5.50. The average Bonchev–Trinajstić information content (AvgIpc) is 3.53. The van der Waals surface area contributed by atoms with Crippen LogP contribution in [0.1, 0.15) is 35.7 Å². The number of rotatable bonds is 8. The van der Waals surface area contributed by atoms with Gasteiger partial charge in [-0.25, -0.2) is 33.4 Å². The highest BCUT2D eigenvalue weighted by atomic mass is 19.4. The predicted molar refractivity (Wildman–Crippen MR) is 110 cm³/mol. The van der Waals surface area contributed by atoms with E-state index in [1.807, 2.05) is 0 Å². The zero-order chi connectivity index (χ0) is 24.5. The number of amides is 1. The third-order valence-electron chi connectivity index (χ3n) is 4.80. The number of nitrogens with one attached hydrogen (secondary N) is 1. The van der Waals surface area contributed by atoms with Crippen molar-refractivity contribution in [3.63, 3.8) is 0 Å². The van der Waals surface area contributed by atoms with Gasteiger partial charge in [-0.05, 0) is 25.0 Å². The van der Waals surface area contributed by atoms with Crippen molar-refractivity contribution in [2.75, 3.05) is 11.9 Å². The van der Waals surface area contributed by atoms with Gasteiger partial charge in [0.15, 0.2) is 5.82 Å². The minimum Gasteiger partial charge on any atom is -0.366 e. The van der Waals surface area contributed by atoms with Gasteiger partial charge in [-0.1, -0.05) is 0 Å². The second-order valence-corrected chi connectivity index (χ2v) is 7.46. The Morgan fingerprint density at radius 3 is 2.50 bits per heavy atom. The molecule has 0 bridgehead atoms. The van der Waals surface area contributed by atoms with Crippen LogP contribution in [0.5, 0.6) is 0 Å². The van der Waals surface area contributed by atoms with Crippen LogP contribution in [0, 0.1) is 0 Å². The van der Waals surface area contributed by atoms with Crippen molar-refractivity contribution in [2.45, 2.75) is 31.4 Å². The van der Waals surface area contributed by atoms with Crippen LogP contribution in [0.2, 0.25) is 0 Å². The standard InChI is InChI=1S/C20H17F5N8O/c21-16(22)7-29-19-27-5-12(6-28-19)13(17(26)34)8-33-9-30-18(32-33)11-3-14(10-1-2-10)31-15(4-11)20(23,24)25/h3-6,8-10,16H,1-2,7H2,(H2,26,34)(H,27,28,29)/b13-8+. The molecule has 178 valence electrons. The number of pyridine rings is 1. The largest absolute Gasteiger partial charge is 0.433 e. The minimum absolute atomic E-state index is 0.00216. The molecule has 1 aliphatic carbocycles. The molecule has 3 heterocycles. The first-order valence-electron chi connectivity index (χ1n) is 9.97. The number of hydrogen-bond acceptors (Lipinski definition) is 7. The smallest absolute Gasteiger partial charge is 0.366 e. The molecular weight excluding hydrogens is 463 g/mol. The molecule has 0 aromatic carbocycles. The lowest BCUT2D eigenvalue weighted by atomic mass is 10.1. The molecule has 34 heavy (non-hydrogen) atoms. The Balaban J connectivity index is 1.62. The molecule has 0 saturated heterocycles. The lowest BCUT2D eigenvalue weighted by Crippen LogP contribution is -2.15. The highest BCUT2D eigenvalue weighted by Gasteiger charge is 2.35. The Morgan fingerprint density at radius 2 is 1.91 bits per heavy atom. The number of aromatic nitrogens is 6. The van der Waals surface area contributed by atoms with Crippen molar-refractivity contribution < 1.29 is 26.7 Å². The van der Waals surface area contributed by atoms with Crippen molar-refractivity contribution in [3.05, 3.63) is 47.8 Å². The van der Waals surface area contributed by atoms with Crippen molar-refractivity contribution in [1.82, 2.24) is 29.7 Å². The van der Waals surface area contributed by atoms with Gasteiger partial charge in [0.25, 0.3) is 12.3 Å². The maximum Gasteiger partial charge on any atom is 0.433 e. The number of alkyl halides is 5. The van der Waals surface area contributed by atoms with E-state index in [1.165, 1.54) is 31.0 Å². The fourth-order valence-corrected chi connectivity index (χ4v) is 3.02. The molecule has 3 aromatic heterocycles. The average molecular weight is 480 g/mol. The lowest BCUT2D eigenvalue weighted by molar-refractivity contribution is -0.141. The molecule has 1 aliphatic rings. The summed E-state index contributed by atoms with van der Waals surface area (Å²) < 4.78 is 65.6. The third-order valence-corrected chi connectivity index (χ3v) is 4.80. The fourth-order valence-electron chi connectivity index (χ4n) is 3.02. The summed E-state index contributed by atoms with van der Waals surface area (Å²) in [5.41, 5.74) is 4.94. The van der Waals surface area contributed by atoms with Crippen LogP contribution in [0.3, 0.4) is 0 Å². The van der Waals surface area contributed by atoms with Gasteiger partial charge in [0.05, 0.1) is 12.1 Å². The first-order chi connectivity index (χ1) is 16.1. The number of nitrogens with zero attached hydrogens (tertiary/aromatic N) is 6. The second-order valence-electron chi connectivity index (χ2n) is 7.46. The quantitative estimate of drug-likeness (QED) is 0.375. The molecule has 1 amide bonds. The molecule has 0 unspecified atom stereocenters. The summed E-state index contributed by atoms with van der Waals surface area (Å²) in [5, 5.41) is 6.45. The SMILES string of the molecule is NC(=O)/C(=C/n1cnc(-c2cc(C3CC3)nc(C(F)(F)F)c2)n1)c1cnc(NCC(F)F)nc1. The Hall–Kier alpha value is -3.97. The van der Waals surface area contributed by atoms with Crippen molar-refractivity contribution in [3.8, 4) is 11.4 Å². The maximum atomic E-state index is 13.3. The number of primary amides is 1. The fraction of sp³-hybridized carbons (Fsp3) is 0.300. The lowest BCUT2D eigenvalue weighted by Gasteiger charge is -2.09. The van der Waals surface area contributed by atoms with Gasteiger partial charge in [0.2, 0.25) is 5.95 Å². The number of nitrogens with two attached hydrogens (primary N) is 1. The predicted octanol–water partition coefficient (Wildman–Crippen LogP) is 3.19. The first kappa shape index (κ1) is 23.2. The molecule has 1 fully saturated rings. The van der Waals surface area contributed by atoms with Gasteiger partial charge in [0, 0.05) is 41.3 Å². The summed E-state index contributed by atoms with van der Waals surface area (Å²) in [4.78, 5) is 27.4.